The van der Waals surface area contributed by atoms with Gasteiger partial charge in [-0.3, -0.25) is 0 Å². The summed E-state index contributed by atoms with van der Waals surface area (Å²) in [6.45, 7) is 2.39. The highest BCUT2D eigenvalue weighted by Crippen LogP contribution is 2.16. The zero-order chi connectivity index (χ0) is 13.1. The lowest BCUT2D eigenvalue weighted by Crippen LogP contribution is -2.04. The molecule has 3 aromatic rings. The van der Waals surface area contributed by atoms with Crippen LogP contribution in [-0.2, 0) is 6.54 Å². The molecule has 3 heterocycles. The molecular formula is C14H12N4O. The molecule has 0 unspecified atom stereocenters. The molecule has 5 nitrogen and oxygen atoms in total. The normalized spacial score (nSPS) is 10.2. The van der Waals surface area contributed by atoms with Crippen LogP contribution in [0, 0.1) is 11.8 Å². The van der Waals surface area contributed by atoms with E-state index in [9.17, 15) is 0 Å². The molecule has 3 rings (SSSR count). The van der Waals surface area contributed by atoms with Gasteiger partial charge in [-0.15, -0.1) is 0 Å². The Bertz CT molecular complexity index is 747. The van der Waals surface area contributed by atoms with Gasteiger partial charge in [0.25, 0.3) is 0 Å². The van der Waals surface area contributed by atoms with E-state index in [0.29, 0.717) is 6.54 Å². The van der Waals surface area contributed by atoms with Crippen LogP contribution in [0.25, 0.3) is 5.52 Å². The summed E-state index contributed by atoms with van der Waals surface area (Å²) in [5.41, 5.74) is 1.74. The Labute approximate surface area is 110 Å². The summed E-state index contributed by atoms with van der Waals surface area (Å²) < 4.78 is 7.05. The average molecular weight is 252 g/mol. The summed E-state index contributed by atoms with van der Waals surface area (Å²) in [4.78, 5) is 4.25. The minimum atomic E-state index is 0.583. The largest absolute Gasteiger partial charge is 0.467 e. The van der Waals surface area contributed by atoms with E-state index >= 15 is 0 Å². The van der Waals surface area contributed by atoms with Crippen LogP contribution in [-0.4, -0.2) is 14.6 Å². The predicted octanol–water partition coefficient (Wildman–Crippen LogP) is 2.31. The van der Waals surface area contributed by atoms with Gasteiger partial charge < -0.3 is 9.73 Å². The van der Waals surface area contributed by atoms with E-state index in [1.807, 2.05) is 24.3 Å². The maximum absolute atomic E-state index is 5.28. The second-order valence-electron chi connectivity index (χ2n) is 3.93. The summed E-state index contributed by atoms with van der Waals surface area (Å²) in [5.74, 6) is 7.49. The first kappa shape index (κ1) is 11.4. The summed E-state index contributed by atoms with van der Waals surface area (Å²) in [7, 11) is 0. The number of hydrogen-bond acceptors (Lipinski definition) is 4. The molecule has 3 aromatic heterocycles. The Morgan fingerprint density at radius 1 is 1.37 bits per heavy atom. The van der Waals surface area contributed by atoms with Crippen molar-refractivity contribution in [2.24, 2.45) is 0 Å². The van der Waals surface area contributed by atoms with Gasteiger partial charge in [-0.25, -0.2) is 9.50 Å². The third kappa shape index (κ3) is 2.16. The monoisotopic (exact) mass is 252 g/mol. The van der Waals surface area contributed by atoms with Gasteiger partial charge in [-0.05, 0) is 37.1 Å². The van der Waals surface area contributed by atoms with Crippen molar-refractivity contribution in [1.82, 2.24) is 14.6 Å². The van der Waals surface area contributed by atoms with Gasteiger partial charge in [0.05, 0.1) is 12.8 Å². The SMILES string of the molecule is CC#Cc1ccc2c(NCc3ccco3)ncnn12. The van der Waals surface area contributed by atoms with Gasteiger partial charge in [0.2, 0.25) is 0 Å². The molecule has 0 aliphatic rings. The lowest BCUT2D eigenvalue weighted by atomic mass is 10.4. The van der Waals surface area contributed by atoms with Crippen LogP contribution in [0.3, 0.4) is 0 Å². The first-order valence-corrected chi connectivity index (χ1v) is 5.90. The van der Waals surface area contributed by atoms with Crippen molar-refractivity contribution in [2.45, 2.75) is 13.5 Å². The van der Waals surface area contributed by atoms with E-state index in [2.05, 4.69) is 27.2 Å². The fourth-order valence-electron chi connectivity index (χ4n) is 1.88. The van der Waals surface area contributed by atoms with Crippen molar-refractivity contribution in [3.05, 3.63) is 48.3 Å². The molecule has 0 bridgehead atoms. The Morgan fingerprint density at radius 2 is 2.32 bits per heavy atom. The summed E-state index contributed by atoms with van der Waals surface area (Å²) in [5, 5.41) is 7.44. The molecule has 0 aliphatic carbocycles. The number of anilines is 1. The van der Waals surface area contributed by atoms with E-state index in [0.717, 1.165) is 22.8 Å². The van der Waals surface area contributed by atoms with Crippen molar-refractivity contribution >= 4 is 11.3 Å². The molecule has 94 valence electrons. The molecule has 0 aromatic carbocycles. The third-order valence-corrected chi connectivity index (χ3v) is 2.72. The molecule has 0 amide bonds. The van der Waals surface area contributed by atoms with Gasteiger partial charge in [0.15, 0.2) is 5.82 Å². The highest BCUT2D eigenvalue weighted by Gasteiger charge is 2.07. The predicted molar refractivity (Wildman–Crippen MR) is 71.6 cm³/mol. The van der Waals surface area contributed by atoms with Crippen molar-refractivity contribution in [3.8, 4) is 11.8 Å². The average Bonchev–Trinajstić information content (AvgIpc) is 3.07. The molecule has 0 atom stereocenters. The van der Waals surface area contributed by atoms with E-state index in [4.69, 9.17) is 4.42 Å². The van der Waals surface area contributed by atoms with E-state index < -0.39 is 0 Å². The fourth-order valence-corrected chi connectivity index (χ4v) is 1.88. The molecule has 1 N–H and O–H groups in total. The summed E-state index contributed by atoms with van der Waals surface area (Å²) in [6, 6.07) is 7.65. The molecular weight excluding hydrogens is 240 g/mol. The summed E-state index contributed by atoms with van der Waals surface area (Å²) >= 11 is 0. The first-order valence-electron chi connectivity index (χ1n) is 5.90. The van der Waals surface area contributed by atoms with Gasteiger partial charge in [-0.2, -0.15) is 5.10 Å². The number of nitrogens with zero attached hydrogens (tertiary/aromatic N) is 3. The number of hydrogen-bond donors (Lipinski definition) is 1. The van der Waals surface area contributed by atoms with Gasteiger partial charge in [0.1, 0.15) is 23.3 Å². The Morgan fingerprint density at radius 3 is 3.11 bits per heavy atom. The van der Waals surface area contributed by atoms with Crippen LogP contribution in [0.2, 0.25) is 0 Å². The number of furan rings is 1. The Hall–Kier alpha value is -2.74. The minimum absolute atomic E-state index is 0.583. The van der Waals surface area contributed by atoms with Crippen LogP contribution >= 0.6 is 0 Å². The highest BCUT2D eigenvalue weighted by molar-refractivity contribution is 5.68. The quantitative estimate of drug-likeness (QED) is 0.727. The standard InChI is InChI=1S/C14H12N4O/c1-2-4-11-6-7-13-14(16-10-17-18(11)13)15-9-12-5-3-8-19-12/h3,5-8,10H,9H2,1H3,(H,15,16,17). The molecule has 5 heteroatoms. The first-order chi connectivity index (χ1) is 9.38. The second kappa shape index (κ2) is 4.86. The van der Waals surface area contributed by atoms with Crippen molar-refractivity contribution in [3.63, 3.8) is 0 Å². The summed E-state index contributed by atoms with van der Waals surface area (Å²) in [6.07, 6.45) is 3.16. The number of nitrogens with one attached hydrogen (secondary N) is 1. The molecule has 0 fully saturated rings. The zero-order valence-electron chi connectivity index (χ0n) is 10.4. The topological polar surface area (TPSA) is 55.4 Å². The van der Waals surface area contributed by atoms with Crippen LogP contribution in [0.5, 0.6) is 0 Å². The maximum atomic E-state index is 5.28. The molecule has 0 aliphatic heterocycles. The highest BCUT2D eigenvalue weighted by atomic mass is 16.3. The minimum Gasteiger partial charge on any atom is -0.467 e. The Balaban J connectivity index is 1.92. The Kier molecular flexibility index (Phi) is 2.91. The lowest BCUT2D eigenvalue weighted by Gasteiger charge is -2.05. The van der Waals surface area contributed by atoms with E-state index in [1.165, 1.54) is 6.33 Å². The zero-order valence-corrected chi connectivity index (χ0v) is 10.4. The lowest BCUT2D eigenvalue weighted by molar-refractivity contribution is 0.518. The molecule has 19 heavy (non-hydrogen) atoms. The maximum Gasteiger partial charge on any atom is 0.154 e. The number of rotatable bonds is 3. The molecule has 0 saturated heterocycles. The van der Waals surface area contributed by atoms with E-state index in [-0.39, 0.29) is 0 Å². The van der Waals surface area contributed by atoms with E-state index in [1.54, 1.807) is 17.7 Å². The van der Waals surface area contributed by atoms with Crippen LogP contribution in [0.1, 0.15) is 18.4 Å². The second-order valence-corrected chi connectivity index (χ2v) is 3.93. The van der Waals surface area contributed by atoms with Gasteiger partial charge in [0, 0.05) is 0 Å². The smallest absolute Gasteiger partial charge is 0.154 e. The number of fused-ring (bicyclic) bond motifs is 1. The van der Waals surface area contributed by atoms with Crippen molar-refractivity contribution < 1.29 is 4.42 Å². The van der Waals surface area contributed by atoms with Gasteiger partial charge >= 0.3 is 0 Å². The third-order valence-electron chi connectivity index (χ3n) is 2.72. The van der Waals surface area contributed by atoms with Crippen LogP contribution in [0.15, 0.2) is 41.3 Å². The van der Waals surface area contributed by atoms with Gasteiger partial charge in [-0.1, -0.05) is 5.92 Å². The number of aromatic nitrogens is 3. The molecule has 0 saturated carbocycles. The van der Waals surface area contributed by atoms with Crippen LogP contribution < -0.4 is 5.32 Å². The fraction of sp³-hybridized carbons (Fsp3) is 0.143. The van der Waals surface area contributed by atoms with Crippen molar-refractivity contribution in [1.29, 1.82) is 0 Å². The molecule has 0 radical (unpaired) electrons. The van der Waals surface area contributed by atoms with Crippen LogP contribution in [0.4, 0.5) is 5.82 Å². The molecule has 0 spiro atoms. The van der Waals surface area contributed by atoms with Crippen molar-refractivity contribution in [2.75, 3.05) is 5.32 Å².